The van der Waals surface area contributed by atoms with Crippen molar-refractivity contribution in [3.63, 3.8) is 0 Å². The molecule has 0 aliphatic heterocycles. The van der Waals surface area contributed by atoms with Crippen molar-refractivity contribution in [2.45, 2.75) is 6.92 Å². The highest BCUT2D eigenvalue weighted by Gasteiger charge is 2.04. The molecule has 0 saturated carbocycles. The lowest BCUT2D eigenvalue weighted by molar-refractivity contribution is 0.592. The molecule has 0 radical (unpaired) electrons. The van der Waals surface area contributed by atoms with Crippen LogP contribution >= 0.6 is 0 Å². The van der Waals surface area contributed by atoms with Crippen LogP contribution in [0.25, 0.3) is 11.5 Å². The van der Waals surface area contributed by atoms with Crippen LogP contribution in [0.2, 0.25) is 0 Å². The fraction of sp³-hybridized carbons (Fsp3) is 0.111. The highest BCUT2D eigenvalue weighted by molar-refractivity contribution is 5.52. The second-order valence-corrected chi connectivity index (χ2v) is 2.78. The van der Waals surface area contributed by atoms with E-state index in [1.165, 1.54) is 0 Å². The van der Waals surface area contributed by atoms with Crippen LogP contribution in [0.4, 0.5) is 6.01 Å². The molecule has 2 aromatic rings. The van der Waals surface area contributed by atoms with E-state index in [1.54, 1.807) is 12.4 Å². The van der Waals surface area contributed by atoms with Crippen LogP contribution in [-0.4, -0.2) is 9.97 Å². The third kappa shape index (κ3) is 1.51. The van der Waals surface area contributed by atoms with Crippen molar-refractivity contribution in [1.29, 1.82) is 0 Å². The van der Waals surface area contributed by atoms with Crippen molar-refractivity contribution < 1.29 is 4.42 Å². The van der Waals surface area contributed by atoms with E-state index < -0.39 is 0 Å². The Morgan fingerprint density at radius 1 is 1.38 bits per heavy atom. The molecule has 2 heterocycles. The molecule has 0 spiro atoms. The molecule has 13 heavy (non-hydrogen) atoms. The monoisotopic (exact) mass is 175 g/mol. The Morgan fingerprint density at radius 2 is 2.23 bits per heavy atom. The van der Waals surface area contributed by atoms with Gasteiger partial charge in [-0.3, -0.25) is 4.98 Å². The Labute approximate surface area is 75.4 Å². The molecule has 0 unspecified atom stereocenters. The zero-order chi connectivity index (χ0) is 9.26. The third-order valence-corrected chi connectivity index (χ3v) is 1.69. The van der Waals surface area contributed by atoms with E-state index in [4.69, 9.17) is 10.2 Å². The summed E-state index contributed by atoms with van der Waals surface area (Å²) in [5.74, 6) is 0.598. The zero-order valence-electron chi connectivity index (χ0n) is 7.19. The van der Waals surface area contributed by atoms with Crippen LogP contribution < -0.4 is 5.73 Å². The van der Waals surface area contributed by atoms with Crippen LogP contribution in [-0.2, 0) is 0 Å². The van der Waals surface area contributed by atoms with Crippen molar-refractivity contribution in [3.05, 3.63) is 30.1 Å². The Balaban J connectivity index is 2.46. The Morgan fingerprint density at radius 3 is 2.85 bits per heavy atom. The van der Waals surface area contributed by atoms with E-state index in [0.717, 1.165) is 11.3 Å². The molecule has 0 atom stereocenters. The number of anilines is 1. The molecule has 0 aliphatic carbocycles. The topological polar surface area (TPSA) is 64.9 Å². The summed E-state index contributed by atoms with van der Waals surface area (Å²) in [6.07, 6.45) is 3.29. The van der Waals surface area contributed by atoms with E-state index >= 15 is 0 Å². The molecule has 0 aromatic carbocycles. The van der Waals surface area contributed by atoms with E-state index in [1.807, 2.05) is 19.1 Å². The van der Waals surface area contributed by atoms with Gasteiger partial charge in [-0.15, -0.1) is 0 Å². The van der Waals surface area contributed by atoms with Gasteiger partial charge in [0.2, 0.25) is 0 Å². The summed E-state index contributed by atoms with van der Waals surface area (Å²) in [6, 6.07) is 4.00. The number of oxazole rings is 1. The molecule has 0 aliphatic rings. The van der Waals surface area contributed by atoms with Gasteiger partial charge in [-0.2, -0.15) is 0 Å². The van der Waals surface area contributed by atoms with E-state index in [-0.39, 0.29) is 6.01 Å². The molecule has 2 aromatic heterocycles. The molecule has 0 fully saturated rings. The van der Waals surface area contributed by atoms with E-state index in [9.17, 15) is 0 Å². The van der Waals surface area contributed by atoms with Crippen LogP contribution in [0.5, 0.6) is 0 Å². The number of rotatable bonds is 1. The minimum atomic E-state index is 0.165. The molecule has 4 heteroatoms. The molecule has 66 valence electrons. The first kappa shape index (κ1) is 7.79. The second kappa shape index (κ2) is 2.90. The van der Waals surface area contributed by atoms with Crippen LogP contribution in [0.15, 0.2) is 28.9 Å². The Hall–Kier alpha value is -1.84. The molecular formula is C9H9N3O. The minimum absolute atomic E-state index is 0.165. The quantitative estimate of drug-likeness (QED) is 0.715. The van der Waals surface area contributed by atoms with Gasteiger partial charge < -0.3 is 10.2 Å². The minimum Gasteiger partial charge on any atom is -0.422 e. The predicted molar refractivity (Wildman–Crippen MR) is 48.9 cm³/mol. The normalized spacial score (nSPS) is 10.2. The maximum absolute atomic E-state index is 5.35. The van der Waals surface area contributed by atoms with Gasteiger partial charge in [-0.05, 0) is 24.6 Å². The number of aryl methyl sites for hydroxylation is 1. The fourth-order valence-electron chi connectivity index (χ4n) is 1.08. The Kier molecular flexibility index (Phi) is 1.73. The summed E-state index contributed by atoms with van der Waals surface area (Å²) in [7, 11) is 0. The van der Waals surface area contributed by atoms with Crippen molar-refractivity contribution in [1.82, 2.24) is 9.97 Å². The summed E-state index contributed by atoms with van der Waals surface area (Å²) in [5.41, 5.74) is 7.23. The molecule has 2 N–H and O–H groups in total. The Bertz CT molecular complexity index is 422. The number of nitrogens with two attached hydrogens (primary N) is 1. The van der Waals surface area contributed by atoms with Gasteiger partial charge in [0.05, 0.1) is 6.20 Å². The summed E-state index contributed by atoms with van der Waals surface area (Å²) in [4.78, 5) is 7.93. The standard InChI is InChI=1S/C9H9N3O/c1-6-2-3-11-7(4-6)8-5-12-9(10)13-8/h2-5H,1H3,(H2,10,12). The fourth-order valence-corrected chi connectivity index (χ4v) is 1.08. The number of pyridine rings is 1. The lowest BCUT2D eigenvalue weighted by Crippen LogP contribution is -1.82. The van der Waals surface area contributed by atoms with Crippen molar-refractivity contribution in [2.75, 3.05) is 5.73 Å². The first-order valence-corrected chi connectivity index (χ1v) is 3.90. The molecule has 0 saturated heterocycles. The van der Waals surface area contributed by atoms with Gasteiger partial charge in [0.25, 0.3) is 6.01 Å². The zero-order valence-corrected chi connectivity index (χ0v) is 7.19. The van der Waals surface area contributed by atoms with Gasteiger partial charge in [0, 0.05) is 6.20 Å². The number of nitrogens with zero attached hydrogens (tertiary/aromatic N) is 2. The number of hydrogen-bond acceptors (Lipinski definition) is 4. The second-order valence-electron chi connectivity index (χ2n) is 2.78. The number of nitrogen functional groups attached to an aromatic ring is 1. The molecular weight excluding hydrogens is 166 g/mol. The average Bonchev–Trinajstić information content (AvgIpc) is 2.52. The largest absolute Gasteiger partial charge is 0.422 e. The molecule has 0 bridgehead atoms. The summed E-state index contributed by atoms with van der Waals surface area (Å²) in [5, 5.41) is 0. The average molecular weight is 175 g/mol. The highest BCUT2D eigenvalue weighted by atomic mass is 16.4. The molecule has 2 rings (SSSR count). The van der Waals surface area contributed by atoms with Crippen LogP contribution in [0.3, 0.4) is 0 Å². The SMILES string of the molecule is Cc1ccnc(-c2cnc(N)o2)c1. The number of hydrogen-bond donors (Lipinski definition) is 1. The lowest BCUT2D eigenvalue weighted by atomic mass is 10.2. The molecule has 4 nitrogen and oxygen atoms in total. The van der Waals surface area contributed by atoms with Crippen LogP contribution in [0.1, 0.15) is 5.56 Å². The van der Waals surface area contributed by atoms with Gasteiger partial charge in [-0.1, -0.05) is 0 Å². The van der Waals surface area contributed by atoms with Gasteiger partial charge in [0.15, 0.2) is 5.76 Å². The van der Waals surface area contributed by atoms with E-state index in [2.05, 4.69) is 9.97 Å². The smallest absolute Gasteiger partial charge is 0.292 e. The van der Waals surface area contributed by atoms with Crippen molar-refractivity contribution in [3.8, 4) is 11.5 Å². The molecule has 0 amide bonds. The van der Waals surface area contributed by atoms with E-state index in [0.29, 0.717) is 5.76 Å². The first-order chi connectivity index (χ1) is 6.25. The van der Waals surface area contributed by atoms with Gasteiger partial charge >= 0.3 is 0 Å². The summed E-state index contributed by atoms with van der Waals surface area (Å²) < 4.78 is 5.13. The van der Waals surface area contributed by atoms with Crippen molar-refractivity contribution in [2.24, 2.45) is 0 Å². The van der Waals surface area contributed by atoms with Crippen molar-refractivity contribution >= 4 is 6.01 Å². The van der Waals surface area contributed by atoms with Crippen LogP contribution in [0, 0.1) is 6.92 Å². The third-order valence-electron chi connectivity index (χ3n) is 1.69. The number of aromatic nitrogens is 2. The van der Waals surface area contributed by atoms with Gasteiger partial charge in [-0.25, -0.2) is 4.98 Å². The first-order valence-electron chi connectivity index (χ1n) is 3.90. The highest BCUT2D eigenvalue weighted by Crippen LogP contribution is 2.19. The van der Waals surface area contributed by atoms with Gasteiger partial charge in [0.1, 0.15) is 5.69 Å². The maximum Gasteiger partial charge on any atom is 0.292 e. The predicted octanol–water partition coefficient (Wildman–Crippen LogP) is 1.63. The summed E-state index contributed by atoms with van der Waals surface area (Å²) >= 11 is 0. The lowest BCUT2D eigenvalue weighted by Gasteiger charge is -1.95. The maximum atomic E-state index is 5.35. The summed E-state index contributed by atoms with van der Waals surface area (Å²) in [6.45, 7) is 1.99.